The number of nitrogens with one attached hydrogen (secondary N) is 1. The smallest absolute Gasteiger partial charge is 0.248 e. The summed E-state index contributed by atoms with van der Waals surface area (Å²) >= 11 is 0. The number of carbonyl (C=O) groups excluding carboxylic acids is 1. The van der Waals surface area contributed by atoms with Crippen molar-refractivity contribution in [1.82, 2.24) is 9.78 Å². The van der Waals surface area contributed by atoms with Gasteiger partial charge in [0.15, 0.2) is 0 Å². The lowest BCUT2D eigenvalue weighted by molar-refractivity contribution is 0.100. The molecule has 0 radical (unpaired) electrons. The number of hydrogen-bond acceptors (Lipinski definition) is 4. The van der Waals surface area contributed by atoms with Crippen LogP contribution in [-0.2, 0) is 6.54 Å². The van der Waals surface area contributed by atoms with Gasteiger partial charge in [-0.3, -0.25) is 9.48 Å². The SMILES string of the molecule is CC(Cn1cccn1)Nc1ccc(C(N)=O)cc1N. The average Bonchev–Trinajstić information content (AvgIpc) is 2.84. The zero-order valence-corrected chi connectivity index (χ0v) is 10.7. The quantitative estimate of drug-likeness (QED) is 0.699. The van der Waals surface area contributed by atoms with Crippen molar-refractivity contribution >= 4 is 17.3 Å². The molecule has 1 atom stereocenters. The number of primary amides is 1. The molecule has 2 aromatic rings. The molecular weight excluding hydrogens is 242 g/mol. The number of carbonyl (C=O) groups is 1. The molecule has 0 saturated heterocycles. The Balaban J connectivity index is 2.04. The van der Waals surface area contributed by atoms with Crippen molar-refractivity contribution in [2.45, 2.75) is 19.5 Å². The first-order valence-corrected chi connectivity index (χ1v) is 5.99. The van der Waals surface area contributed by atoms with Crippen LogP contribution in [-0.4, -0.2) is 21.7 Å². The van der Waals surface area contributed by atoms with Crippen molar-refractivity contribution in [1.29, 1.82) is 0 Å². The molecule has 6 heteroatoms. The monoisotopic (exact) mass is 259 g/mol. The molecular formula is C13H17N5O. The van der Waals surface area contributed by atoms with Gasteiger partial charge in [-0.1, -0.05) is 0 Å². The number of aromatic nitrogens is 2. The summed E-state index contributed by atoms with van der Waals surface area (Å²) in [6.07, 6.45) is 3.64. The minimum Gasteiger partial charge on any atom is -0.397 e. The van der Waals surface area contributed by atoms with E-state index in [1.54, 1.807) is 24.4 Å². The van der Waals surface area contributed by atoms with Crippen LogP contribution in [0, 0.1) is 0 Å². The first kappa shape index (κ1) is 12.9. The first-order valence-electron chi connectivity index (χ1n) is 5.99. The number of rotatable bonds is 5. The highest BCUT2D eigenvalue weighted by molar-refractivity contribution is 5.94. The predicted octanol–water partition coefficient (Wildman–Crippen LogP) is 1.06. The summed E-state index contributed by atoms with van der Waals surface area (Å²) < 4.78 is 1.84. The van der Waals surface area contributed by atoms with E-state index in [2.05, 4.69) is 10.4 Å². The van der Waals surface area contributed by atoms with Gasteiger partial charge in [-0.05, 0) is 31.2 Å². The number of nitrogen functional groups attached to an aromatic ring is 1. The van der Waals surface area contributed by atoms with Crippen molar-refractivity contribution in [2.75, 3.05) is 11.1 Å². The van der Waals surface area contributed by atoms with Crippen molar-refractivity contribution in [3.05, 3.63) is 42.2 Å². The van der Waals surface area contributed by atoms with Crippen molar-refractivity contribution < 1.29 is 4.79 Å². The van der Waals surface area contributed by atoms with E-state index >= 15 is 0 Å². The molecule has 1 amide bonds. The molecule has 1 aromatic heterocycles. The molecule has 100 valence electrons. The van der Waals surface area contributed by atoms with Crippen molar-refractivity contribution in [2.24, 2.45) is 5.73 Å². The third-order valence-corrected chi connectivity index (χ3v) is 2.76. The van der Waals surface area contributed by atoms with Gasteiger partial charge < -0.3 is 16.8 Å². The lowest BCUT2D eigenvalue weighted by Gasteiger charge is -2.17. The highest BCUT2D eigenvalue weighted by atomic mass is 16.1. The second-order valence-corrected chi connectivity index (χ2v) is 4.44. The summed E-state index contributed by atoms with van der Waals surface area (Å²) in [6.45, 7) is 2.76. The highest BCUT2D eigenvalue weighted by Crippen LogP contribution is 2.20. The Morgan fingerprint density at radius 1 is 1.53 bits per heavy atom. The van der Waals surface area contributed by atoms with Gasteiger partial charge in [0, 0.05) is 24.0 Å². The van der Waals surface area contributed by atoms with Crippen LogP contribution in [0.5, 0.6) is 0 Å². The summed E-state index contributed by atoms with van der Waals surface area (Å²) in [7, 11) is 0. The molecule has 1 heterocycles. The van der Waals surface area contributed by atoms with E-state index in [1.165, 1.54) is 0 Å². The first-order chi connectivity index (χ1) is 9.06. The molecule has 0 bridgehead atoms. The van der Waals surface area contributed by atoms with Gasteiger partial charge in [0.2, 0.25) is 5.91 Å². The van der Waals surface area contributed by atoms with Gasteiger partial charge >= 0.3 is 0 Å². The maximum absolute atomic E-state index is 11.0. The molecule has 0 aliphatic carbocycles. The second-order valence-electron chi connectivity index (χ2n) is 4.44. The van der Waals surface area contributed by atoms with Gasteiger partial charge in [-0.25, -0.2) is 0 Å². The summed E-state index contributed by atoms with van der Waals surface area (Å²) in [4.78, 5) is 11.0. The minimum atomic E-state index is -0.483. The minimum absolute atomic E-state index is 0.154. The Kier molecular flexibility index (Phi) is 3.70. The molecule has 0 fully saturated rings. The fourth-order valence-electron chi connectivity index (χ4n) is 1.85. The predicted molar refractivity (Wildman–Crippen MR) is 74.7 cm³/mol. The number of amides is 1. The molecule has 19 heavy (non-hydrogen) atoms. The Morgan fingerprint density at radius 2 is 2.32 bits per heavy atom. The molecule has 0 saturated carbocycles. The van der Waals surface area contributed by atoms with Crippen LogP contribution in [0.4, 0.5) is 11.4 Å². The highest BCUT2D eigenvalue weighted by Gasteiger charge is 2.08. The van der Waals surface area contributed by atoms with Crippen molar-refractivity contribution in [3.8, 4) is 0 Å². The van der Waals surface area contributed by atoms with Crippen LogP contribution in [0.3, 0.4) is 0 Å². The lowest BCUT2D eigenvalue weighted by atomic mass is 10.1. The van der Waals surface area contributed by atoms with E-state index in [0.717, 1.165) is 12.2 Å². The molecule has 2 rings (SSSR count). The molecule has 6 nitrogen and oxygen atoms in total. The van der Waals surface area contributed by atoms with Gasteiger partial charge in [-0.15, -0.1) is 0 Å². The molecule has 0 aliphatic heterocycles. The standard InChI is InChI=1S/C13H17N5O/c1-9(8-18-6-2-5-16-18)17-12-4-3-10(13(15)19)7-11(12)14/h2-7,9,17H,8,14H2,1H3,(H2,15,19). The van der Waals surface area contributed by atoms with Gasteiger partial charge in [0.25, 0.3) is 0 Å². The second kappa shape index (κ2) is 5.43. The molecule has 0 spiro atoms. The Hall–Kier alpha value is -2.50. The summed E-state index contributed by atoms with van der Waals surface area (Å²) in [5.74, 6) is -0.483. The molecule has 0 aliphatic rings. The number of nitrogens with two attached hydrogens (primary N) is 2. The molecule has 1 unspecified atom stereocenters. The maximum atomic E-state index is 11.0. The van der Waals surface area contributed by atoms with E-state index < -0.39 is 5.91 Å². The summed E-state index contributed by atoms with van der Waals surface area (Å²) in [6, 6.07) is 7.02. The van der Waals surface area contributed by atoms with E-state index in [1.807, 2.05) is 23.9 Å². The third kappa shape index (κ3) is 3.25. The zero-order valence-electron chi connectivity index (χ0n) is 10.7. The molecule has 1 aromatic carbocycles. The normalized spacial score (nSPS) is 12.1. The average molecular weight is 259 g/mol. The lowest BCUT2D eigenvalue weighted by Crippen LogP contribution is -2.23. The molecule has 5 N–H and O–H groups in total. The fraction of sp³-hybridized carbons (Fsp3) is 0.231. The Bertz CT molecular complexity index is 564. The van der Waals surface area contributed by atoms with Crippen LogP contribution in [0.15, 0.2) is 36.7 Å². The summed E-state index contributed by atoms with van der Waals surface area (Å²) in [5.41, 5.74) is 12.8. The van der Waals surface area contributed by atoms with Crippen LogP contribution >= 0.6 is 0 Å². The van der Waals surface area contributed by atoms with Crippen LogP contribution in [0.25, 0.3) is 0 Å². The van der Waals surface area contributed by atoms with E-state index in [9.17, 15) is 4.79 Å². The van der Waals surface area contributed by atoms with Crippen LogP contribution < -0.4 is 16.8 Å². The Labute approximate surface area is 111 Å². The number of hydrogen-bond donors (Lipinski definition) is 3. The van der Waals surface area contributed by atoms with Gasteiger partial charge in [0.05, 0.1) is 17.9 Å². The van der Waals surface area contributed by atoms with E-state index in [-0.39, 0.29) is 6.04 Å². The van der Waals surface area contributed by atoms with Crippen LogP contribution in [0.2, 0.25) is 0 Å². The topological polar surface area (TPSA) is 99.0 Å². The largest absolute Gasteiger partial charge is 0.397 e. The maximum Gasteiger partial charge on any atom is 0.248 e. The number of nitrogens with zero attached hydrogens (tertiary/aromatic N) is 2. The van der Waals surface area contributed by atoms with Crippen LogP contribution in [0.1, 0.15) is 17.3 Å². The zero-order chi connectivity index (χ0) is 13.8. The third-order valence-electron chi connectivity index (χ3n) is 2.76. The van der Waals surface area contributed by atoms with Gasteiger partial charge in [-0.2, -0.15) is 5.10 Å². The van der Waals surface area contributed by atoms with Gasteiger partial charge in [0.1, 0.15) is 0 Å². The van der Waals surface area contributed by atoms with Crippen molar-refractivity contribution in [3.63, 3.8) is 0 Å². The van der Waals surface area contributed by atoms with E-state index in [0.29, 0.717) is 11.3 Å². The number of anilines is 2. The Morgan fingerprint density at radius 3 is 2.89 bits per heavy atom. The van der Waals surface area contributed by atoms with E-state index in [4.69, 9.17) is 11.5 Å². The fourth-order valence-corrected chi connectivity index (χ4v) is 1.85. The summed E-state index contributed by atoms with van der Waals surface area (Å²) in [5, 5.41) is 7.42. The number of benzene rings is 1.